The molecule has 2 aromatic heterocycles. The molecule has 1 unspecified atom stereocenters. The summed E-state index contributed by atoms with van der Waals surface area (Å²) in [4.78, 5) is 23.0. The Morgan fingerprint density at radius 1 is 1.27 bits per heavy atom. The molecule has 3 aromatic rings. The van der Waals surface area contributed by atoms with Crippen LogP contribution >= 0.6 is 0 Å². The molecule has 1 aliphatic rings. The van der Waals surface area contributed by atoms with Gasteiger partial charge in [-0.25, -0.2) is 4.98 Å². The maximum Gasteiger partial charge on any atom is 0.225 e. The van der Waals surface area contributed by atoms with Crippen molar-refractivity contribution in [3.05, 3.63) is 47.0 Å². The number of aryl methyl sites for hydroxylation is 4. The molecule has 0 bridgehead atoms. The highest BCUT2D eigenvalue weighted by atomic mass is 16.2. The Kier molecular flexibility index (Phi) is 4.26. The number of carbonyl (C=O) groups excluding carboxylic acids is 1. The summed E-state index contributed by atoms with van der Waals surface area (Å²) in [5, 5.41) is 4.26. The van der Waals surface area contributed by atoms with Crippen molar-refractivity contribution in [1.82, 2.24) is 24.6 Å². The van der Waals surface area contributed by atoms with E-state index in [0.717, 1.165) is 41.9 Å². The van der Waals surface area contributed by atoms with Crippen LogP contribution < -0.4 is 0 Å². The fraction of sp³-hybridized carbons (Fsp3) is 0.450. The van der Waals surface area contributed by atoms with Crippen molar-refractivity contribution in [1.29, 1.82) is 0 Å². The van der Waals surface area contributed by atoms with Crippen LogP contribution in [-0.4, -0.2) is 37.1 Å². The molecule has 0 saturated carbocycles. The molecule has 1 amide bonds. The van der Waals surface area contributed by atoms with E-state index in [0.29, 0.717) is 13.0 Å². The number of nitrogens with one attached hydrogen (secondary N) is 1. The molecule has 26 heavy (non-hydrogen) atoms. The van der Waals surface area contributed by atoms with Crippen molar-refractivity contribution in [3.8, 4) is 0 Å². The molecular formula is C20H25N5O. The number of hydrogen-bond donors (Lipinski definition) is 1. The summed E-state index contributed by atoms with van der Waals surface area (Å²) in [6, 6.07) is 6.27. The molecule has 0 spiro atoms. The van der Waals surface area contributed by atoms with Crippen LogP contribution in [0.25, 0.3) is 11.0 Å². The van der Waals surface area contributed by atoms with Crippen molar-refractivity contribution in [2.75, 3.05) is 6.54 Å². The summed E-state index contributed by atoms with van der Waals surface area (Å²) in [6.45, 7) is 7.65. The molecule has 0 aliphatic carbocycles. The Balaban J connectivity index is 1.52. The first kappa shape index (κ1) is 16.8. The average molecular weight is 351 g/mol. The zero-order valence-corrected chi connectivity index (χ0v) is 15.6. The number of benzene rings is 1. The lowest BCUT2D eigenvalue weighted by molar-refractivity contribution is -0.132. The molecule has 0 radical (unpaired) electrons. The zero-order valence-electron chi connectivity index (χ0n) is 15.6. The number of hydrogen-bond acceptors (Lipinski definition) is 3. The van der Waals surface area contributed by atoms with E-state index in [1.807, 2.05) is 22.6 Å². The van der Waals surface area contributed by atoms with Gasteiger partial charge in [0.25, 0.3) is 0 Å². The van der Waals surface area contributed by atoms with Crippen LogP contribution in [0.15, 0.2) is 24.4 Å². The normalized spacial score (nSPS) is 17.3. The van der Waals surface area contributed by atoms with Crippen LogP contribution in [0, 0.1) is 20.8 Å². The van der Waals surface area contributed by atoms with Crippen molar-refractivity contribution in [3.63, 3.8) is 0 Å². The smallest absolute Gasteiger partial charge is 0.225 e. The van der Waals surface area contributed by atoms with Crippen molar-refractivity contribution < 1.29 is 4.79 Å². The first-order valence-corrected chi connectivity index (χ1v) is 9.27. The van der Waals surface area contributed by atoms with E-state index in [1.165, 1.54) is 11.1 Å². The van der Waals surface area contributed by atoms with Crippen LogP contribution in [0.1, 0.15) is 47.9 Å². The number of aromatic amines is 1. The molecule has 6 nitrogen and oxygen atoms in total. The van der Waals surface area contributed by atoms with E-state index in [2.05, 4.69) is 36.1 Å². The van der Waals surface area contributed by atoms with Gasteiger partial charge in [0.05, 0.1) is 17.1 Å². The topological polar surface area (TPSA) is 66.8 Å². The van der Waals surface area contributed by atoms with E-state index in [4.69, 9.17) is 4.98 Å². The van der Waals surface area contributed by atoms with Gasteiger partial charge in [-0.3, -0.25) is 9.48 Å². The van der Waals surface area contributed by atoms with Gasteiger partial charge in [-0.15, -0.1) is 0 Å². The molecule has 1 aromatic carbocycles. The van der Waals surface area contributed by atoms with Crippen LogP contribution in [0.4, 0.5) is 0 Å². The number of imidazole rings is 1. The average Bonchev–Trinajstić information content (AvgIpc) is 3.32. The Labute approximate surface area is 153 Å². The molecule has 1 aliphatic heterocycles. The van der Waals surface area contributed by atoms with Crippen LogP contribution in [0.5, 0.6) is 0 Å². The van der Waals surface area contributed by atoms with E-state index >= 15 is 0 Å². The SMILES string of the molecule is Cc1cc2nc(C3CCCN3C(=O)CCn3nccc3C)[nH]c2cc1C. The maximum absolute atomic E-state index is 12.8. The van der Waals surface area contributed by atoms with Crippen molar-refractivity contribution >= 4 is 16.9 Å². The third-order valence-corrected chi connectivity index (χ3v) is 5.47. The lowest BCUT2D eigenvalue weighted by atomic mass is 10.1. The summed E-state index contributed by atoms with van der Waals surface area (Å²) in [7, 11) is 0. The number of likely N-dealkylation sites (tertiary alicyclic amines) is 1. The minimum atomic E-state index is 0.0502. The lowest BCUT2D eigenvalue weighted by Gasteiger charge is -2.23. The quantitative estimate of drug-likeness (QED) is 0.783. The maximum atomic E-state index is 12.8. The molecule has 1 atom stereocenters. The van der Waals surface area contributed by atoms with Gasteiger partial charge >= 0.3 is 0 Å². The third kappa shape index (κ3) is 3.00. The second kappa shape index (κ2) is 6.59. The van der Waals surface area contributed by atoms with Crippen molar-refractivity contribution in [2.45, 2.75) is 52.6 Å². The second-order valence-electron chi connectivity index (χ2n) is 7.27. The van der Waals surface area contributed by atoms with Gasteiger partial charge in [0, 0.05) is 31.4 Å². The summed E-state index contributed by atoms with van der Waals surface area (Å²) in [5.41, 5.74) is 5.61. The monoisotopic (exact) mass is 351 g/mol. The molecule has 6 heteroatoms. The van der Waals surface area contributed by atoms with E-state index in [1.54, 1.807) is 6.20 Å². The minimum Gasteiger partial charge on any atom is -0.340 e. The standard InChI is InChI=1S/C20H25N5O/c1-13-11-16-17(12-14(13)2)23-20(22-16)18-5-4-9-24(18)19(26)7-10-25-15(3)6-8-21-25/h6,8,11-12,18H,4-5,7,9-10H2,1-3H3,(H,22,23). The summed E-state index contributed by atoms with van der Waals surface area (Å²) < 4.78 is 1.88. The Morgan fingerprint density at radius 2 is 2.08 bits per heavy atom. The summed E-state index contributed by atoms with van der Waals surface area (Å²) >= 11 is 0. The first-order chi connectivity index (χ1) is 12.5. The van der Waals surface area contributed by atoms with Gasteiger partial charge in [0.1, 0.15) is 5.82 Å². The molecule has 1 saturated heterocycles. The van der Waals surface area contributed by atoms with Crippen molar-refractivity contribution in [2.24, 2.45) is 0 Å². The number of carbonyl (C=O) groups is 1. The zero-order chi connectivity index (χ0) is 18.3. The number of rotatable bonds is 4. The Bertz CT molecular complexity index is 915. The molecule has 1 N–H and O–H groups in total. The minimum absolute atomic E-state index is 0.0502. The van der Waals surface area contributed by atoms with Crippen LogP contribution in [0.3, 0.4) is 0 Å². The van der Waals surface area contributed by atoms with Gasteiger partial charge in [0.2, 0.25) is 5.91 Å². The van der Waals surface area contributed by atoms with Gasteiger partial charge in [-0.2, -0.15) is 5.10 Å². The highest BCUT2D eigenvalue weighted by Gasteiger charge is 2.31. The fourth-order valence-electron chi connectivity index (χ4n) is 3.77. The van der Waals surface area contributed by atoms with Gasteiger partial charge in [-0.05, 0) is 62.9 Å². The lowest BCUT2D eigenvalue weighted by Crippen LogP contribution is -2.31. The van der Waals surface area contributed by atoms with E-state index < -0.39 is 0 Å². The molecule has 1 fully saturated rings. The number of amides is 1. The highest BCUT2D eigenvalue weighted by Crippen LogP contribution is 2.32. The van der Waals surface area contributed by atoms with Crippen LogP contribution in [-0.2, 0) is 11.3 Å². The van der Waals surface area contributed by atoms with Crippen LogP contribution in [0.2, 0.25) is 0 Å². The molecule has 4 rings (SSSR count). The number of aromatic nitrogens is 4. The van der Waals surface area contributed by atoms with Gasteiger partial charge in [-0.1, -0.05) is 0 Å². The highest BCUT2D eigenvalue weighted by molar-refractivity contribution is 5.79. The number of nitrogens with zero attached hydrogens (tertiary/aromatic N) is 4. The molecule has 136 valence electrons. The second-order valence-corrected chi connectivity index (χ2v) is 7.27. The summed E-state index contributed by atoms with van der Waals surface area (Å²) in [6.07, 6.45) is 4.23. The third-order valence-electron chi connectivity index (χ3n) is 5.47. The van der Waals surface area contributed by atoms with Gasteiger partial charge < -0.3 is 9.88 Å². The van der Waals surface area contributed by atoms with Gasteiger partial charge in [0.15, 0.2) is 0 Å². The molecule has 3 heterocycles. The van der Waals surface area contributed by atoms with E-state index in [-0.39, 0.29) is 11.9 Å². The largest absolute Gasteiger partial charge is 0.340 e. The number of H-pyrrole nitrogens is 1. The summed E-state index contributed by atoms with van der Waals surface area (Å²) in [5.74, 6) is 1.08. The number of fused-ring (bicyclic) bond motifs is 1. The fourth-order valence-corrected chi connectivity index (χ4v) is 3.77. The predicted octanol–water partition coefficient (Wildman–Crippen LogP) is 3.44. The Hall–Kier alpha value is -2.63. The predicted molar refractivity (Wildman–Crippen MR) is 101 cm³/mol. The Morgan fingerprint density at radius 3 is 2.85 bits per heavy atom. The molecular weight excluding hydrogens is 326 g/mol. The van der Waals surface area contributed by atoms with E-state index in [9.17, 15) is 4.79 Å². The first-order valence-electron chi connectivity index (χ1n) is 9.27.